The summed E-state index contributed by atoms with van der Waals surface area (Å²) in [6, 6.07) is 2.11. The number of aliphatic hydroxyl groups excluding tert-OH is 1. The van der Waals surface area contributed by atoms with Gasteiger partial charge in [0.1, 0.15) is 0 Å². The Bertz CT molecular complexity index is 279. The number of ether oxygens (including phenoxy) is 1. The molecule has 0 aliphatic heterocycles. The van der Waals surface area contributed by atoms with E-state index in [2.05, 4.69) is 16.4 Å². The summed E-state index contributed by atoms with van der Waals surface area (Å²) in [5, 5.41) is 11.7. The molecular formula is C11H18N2O2. The molecule has 0 saturated carbocycles. The maximum atomic E-state index is 8.48. The lowest BCUT2D eigenvalue weighted by Gasteiger charge is -2.05. The zero-order valence-corrected chi connectivity index (χ0v) is 9.07. The van der Waals surface area contributed by atoms with Crippen LogP contribution < -0.4 is 5.32 Å². The van der Waals surface area contributed by atoms with Crippen molar-refractivity contribution in [3.63, 3.8) is 0 Å². The SMILES string of the molecule is Cc1cncc(CNCCOCCO)c1. The Kier molecular flexibility index (Phi) is 5.92. The van der Waals surface area contributed by atoms with E-state index in [1.807, 2.05) is 19.3 Å². The first-order chi connectivity index (χ1) is 7.33. The number of nitrogens with one attached hydrogen (secondary N) is 1. The summed E-state index contributed by atoms with van der Waals surface area (Å²) < 4.78 is 5.12. The molecule has 0 aromatic carbocycles. The fourth-order valence-corrected chi connectivity index (χ4v) is 1.26. The summed E-state index contributed by atoms with van der Waals surface area (Å²) in [7, 11) is 0. The highest BCUT2D eigenvalue weighted by Crippen LogP contribution is 1.99. The summed E-state index contributed by atoms with van der Waals surface area (Å²) in [5.41, 5.74) is 2.35. The normalized spacial score (nSPS) is 10.5. The molecule has 0 bridgehead atoms. The van der Waals surface area contributed by atoms with Gasteiger partial charge in [-0.15, -0.1) is 0 Å². The largest absolute Gasteiger partial charge is 0.394 e. The van der Waals surface area contributed by atoms with Crippen LogP contribution in [0, 0.1) is 6.92 Å². The lowest BCUT2D eigenvalue weighted by atomic mass is 10.2. The quantitative estimate of drug-likeness (QED) is 0.643. The van der Waals surface area contributed by atoms with E-state index in [4.69, 9.17) is 9.84 Å². The highest BCUT2D eigenvalue weighted by atomic mass is 16.5. The van der Waals surface area contributed by atoms with Crippen LogP contribution in [0.5, 0.6) is 0 Å². The molecule has 0 atom stereocenters. The van der Waals surface area contributed by atoms with Crippen molar-refractivity contribution in [2.45, 2.75) is 13.5 Å². The zero-order chi connectivity index (χ0) is 10.9. The molecule has 2 N–H and O–H groups in total. The molecule has 0 amide bonds. The number of pyridine rings is 1. The van der Waals surface area contributed by atoms with Gasteiger partial charge in [-0.2, -0.15) is 0 Å². The average Bonchev–Trinajstić information content (AvgIpc) is 2.23. The fourth-order valence-electron chi connectivity index (χ4n) is 1.26. The standard InChI is InChI=1S/C11H18N2O2/c1-10-6-11(9-13-7-10)8-12-2-4-15-5-3-14/h6-7,9,12,14H,2-5,8H2,1H3. The molecule has 4 nitrogen and oxygen atoms in total. The van der Waals surface area contributed by atoms with Crippen LogP contribution in [-0.2, 0) is 11.3 Å². The third-order valence-corrected chi connectivity index (χ3v) is 1.92. The number of rotatable bonds is 7. The zero-order valence-electron chi connectivity index (χ0n) is 9.07. The van der Waals surface area contributed by atoms with E-state index >= 15 is 0 Å². The van der Waals surface area contributed by atoms with Gasteiger partial charge >= 0.3 is 0 Å². The van der Waals surface area contributed by atoms with Gasteiger partial charge in [0.25, 0.3) is 0 Å². The van der Waals surface area contributed by atoms with Crippen molar-refractivity contribution in [3.8, 4) is 0 Å². The predicted octanol–water partition coefficient (Wildman–Crippen LogP) is 0.489. The second-order valence-electron chi connectivity index (χ2n) is 3.38. The molecule has 0 fully saturated rings. The van der Waals surface area contributed by atoms with Gasteiger partial charge in [-0.3, -0.25) is 4.98 Å². The van der Waals surface area contributed by atoms with E-state index in [1.54, 1.807) is 0 Å². The van der Waals surface area contributed by atoms with Crippen molar-refractivity contribution in [1.29, 1.82) is 0 Å². The maximum Gasteiger partial charge on any atom is 0.0698 e. The molecule has 15 heavy (non-hydrogen) atoms. The van der Waals surface area contributed by atoms with Crippen molar-refractivity contribution in [2.24, 2.45) is 0 Å². The molecule has 1 heterocycles. The van der Waals surface area contributed by atoms with E-state index in [9.17, 15) is 0 Å². The molecule has 1 rings (SSSR count). The second kappa shape index (κ2) is 7.34. The van der Waals surface area contributed by atoms with Crippen LogP contribution in [0.3, 0.4) is 0 Å². The van der Waals surface area contributed by atoms with Crippen LogP contribution in [0.25, 0.3) is 0 Å². The van der Waals surface area contributed by atoms with Crippen molar-refractivity contribution in [3.05, 3.63) is 29.6 Å². The minimum absolute atomic E-state index is 0.0851. The van der Waals surface area contributed by atoms with Gasteiger partial charge in [0, 0.05) is 25.5 Å². The molecule has 84 valence electrons. The minimum Gasteiger partial charge on any atom is -0.394 e. The highest BCUT2D eigenvalue weighted by Gasteiger charge is 1.93. The van der Waals surface area contributed by atoms with Gasteiger partial charge in [-0.1, -0.05) is 6.07 Å². The third-order valence-electron chi connectivity index (χ3n) is 1.92. The summed E-state index contributed by atoms with van der Waals surface area (Å²) in [4.78, 5) is 4.11. The van der Waals surface area contributed by atoms with E-state index in [-0.39, 0.29) is 6.61 Å². The average molecular weight is 210 g/mol. The predicted molar refractivity (Wildman–Crippen MR) is 58.6 cm³/mol. The monoisotopic (exact) mass is 210 g/mol. The number of hydrogen-bond acceptors (Lipinski definition) is 4. The first kappa shape index (κ1) is 12.1. The minimum atomic E-state index is 0.0851. The summed E-state index contributed by atoms with van der Waals surface area (Å²) in [6.45, 7) is 4.74. The number of aromatic nitrogens is 1. The first-order valence-corrected chi connectivity index (χ1v) is 5.13. The Morgan fingerprint density at radius 3 is 3.00 bits per heavy atom. The van der Waals surface area contributed by atoms with Gasteiger partial charge in [-0.25, -0.2) is 0 Å². The molecule has 0 saturated heterocycles. The topological polar surface area (TPSA) is 54.4 Å². The molecule has 1 aromatic rings. The third kappa shape index (κ3) is 5.47. The molecule has 1 aromatic heterocycles. The van der Waals surface area contributed by atoms with E-state index in [0.717, 1.165) is 13.1 Å². The van der Waals surface area contributed by atoms with Crippen LogP contribution in [0.4, 0.5) is 0 Å². The Morgan fingerprint density at radius 1 is 1.40 bits per heavy atom. The number of aryl methyl sites for hydroxylation is 1. The second-order valence-corrected chi connectivity index (χ2v) is 3.38. The smallest absolute Gasteiger partial charge is 0.0698 e. The van der Waals surface area contributed by atoms with Gasteiger partial charge in [0.05, 0.1) is 19.8 Å². The Balaban J connectivity index is 2.10. The number of aliphatic hydroxyl groups is 1. The van der Waals surface area contributed by atoms with Crippen LogP contribution in [0.2, 0.25) is 0 Å². The van der Waals surface area contributed by atoms with Gasteiger partial charge in [0.15, 0.2) is 0 Å². The van der Waals surface area contributed by atoms with E-state index < -0.39 is 0 Å². The Hall–Kier alpha value is -0.970. The molecule has 4 heteroatoms. The first-order valence-electron chi connectivity index (χ1n) is 5.13. The maximum absolute atomic E-state index is 8.48. The van der Waals surface area contributed by atoms with Crippen molar-refractivity contribution in [2.75, 3.05) is 26.4 Å². The lowest BCUT2D eigenvalue weighted by molar-refractivity contribution is 0.0938. The van der Waals surface area contributed by atoms with Gasteiger partial charge in [0.2, 0.25) is 0 Å². The van der Waals surface area contributed by atoms with Crippen molar-refractivity contribution in [1.82, 2.24) is 10.3 Å². The Morgan fingerprint density at radius 2 is 2.27 bits per heavy atom. The van der Waals surface area contributed by atoms with Crippen molar-refractivity contribution >= 4 is 0 Å². The van der Waals surface area contributed by atoms with Crippen molar-refractivity contribution < 1.29 is 9.84 Å². The van der Waals surface area contributed by atoms with Gasteiger partial charge in [-0.05, 0) is 18.1 Å². The molecule has 0 radical (unpaired) electrons. The molecule has 0 aliphatic rings. The molecule has 0 unspecified atom stereocenters. The molecule has 0 spiro atoms. The van der Waals surface area contributed by atoms with E-state index in [1.165, 1.54) is 11.1 Å². The number of nitrogens with zero attached hydrogens (tertiary/aromatic N) is 1. The fraction of sp³-hybridized carbons (Fsp3) is 0.545. The summed E-state index contributed by atoms with van der Waals surface area (Å²) in [6.07, 6.45) is 3.70. The Labute approximate surface area is 90.3 Å². The van der Waals surface area contributed by atoms with Gasteiger partial charge < -0.3 is 15.2 Å². The number of hydrogen-bond donors (Lipinski definition) is 2. The summed E-state index contributed by atoms with van der Waals surface area (Å²) in [5.74, 6) is 0. The highest BCUT2D eigenvalue weighted by molar-refractivity contribution is 5.16. The van der Waals surface area contributed by atoms with Crippen LogP contribution in [0.1, 0.15) is 11.1 Å². The van der Waals surface area contributed by atoms with Crippen LogP contribution in [0.15, 0.2) is 18.5 Å². The molecular weight excluding hydrogens is 192 g/mol. The van der Waals surface area contributed by atoms with Crippen LogP contribution in [-0.4, -0.2) is 36.5 Å². The van der Waals surface area contributed by atoms with Crippen LogP contribution >= 0.6 is 0 Å². The molecule has 0 aliphatic carbocycles. The lowest BCUT2D eigenvalue weighted by Crippen LogP contribution is -2.20. The summed E-state index contributed by atoms with van der Waals surface area (Å²) >= 11 is 0. The van der Waals surface area contributed by atoms with E-state index in [0.29, 0.717) is 13.2 Å².